The summed E-state index contributed by atoms with van der Waals surface area (Å²) in [5.74, 6) is 6.45. The molecule has 0 aliphatic rings. The molecule has 102 valence electrons. The number of hydrogen-bond acceptors (Lipinski definition) is 4. The maximum absolute atomic E-state index is 6.02. The Morgan fingerprint density at radius 2 is 2.11 bits per heavy atom. The number of nitrogens with one attached hydrogen (secondary N) is 1. The first-order valence-electron chi connectivity index (χ1n) is 6.18. The maximum atomic E-state index is 6.02. The van der Waals surface area contributed by atoms with Crippen molar-refractivity contribution in [3.63, 3.8) is 0 Å². The molecule has 0 saturated heterocycles. The SMILES string of the molecule is CCCOc1ccccc1C(NN)c1ccoc1Cl. The molecule has 0 fully saturated rings. The van der Waals surface area contributed by atoms with Crippen LogP contribution < -0.4 is 16.0 Å². The van der Waals surface area contributed by atoms with Crippen LogP contribution in [-0.4, -0.2) is 6.61 Å². The summed E-state index contributed by atoms with van der Waals surface area (Å²) in [6.45, 7) is 2.72. The lowest BCUT2D eigenvalue weighted by molar-refractivity contribution is 0.311. The van der Waals surface area contributed by atoms with Crippen molar-refractivity contribution in [1.29, 1.82) is 0 Å². The van der Waals surface area contributed by atoms with Crippen LogP contribution in [0.25, 0.3) is 0 Å². The van der Waals surface area contributed by atoms with Crippen molar-refractivity contribution in [3.8, 4) is 5.75 Å². The molecule has 1 aromatic heterocycles. The van der Waals surface area contributed by atoms with Crippen molar-refractivity contribution < 1.29 is 9.15 Å². The molecule has 1 aromatic carbocycles. The largest absolute Gasteiger partial charge is 0.493 e. The summed E-state index contributed by atoms with van der Waals surface area (Å²) in [4.78, 5) is 0. The average molecular weight is 281 g/mol. The Morgan fingerprint density at radius 3 is 2.74 bits per heavy atom. The van der Waals surface area contributed by atoms with Gasteiger partial charge in [-0.15, -0.1) is 0 Å². The van der Waals surface area contributed by atoms with Crippen LogP contribution in [0, 0.1) is 0 Å². The third-order valence-corrected chi connectivity index (χ3v) is 3.12. The van der Waals surface area contributed by atoms with Gasteiger partial charge in [0.2, 0.25) is 0 Å². The summed E-state index contributed by atoms with van der Waals surface area (Å²) < 4.78 is 10.9. The van der Waals surface area contributed by atoms with Gasteiger partial charge in [-0.3, -0.25) is 5.84 Å². The van der Waals surface area contributed by atoms with E-state index >= 15 is 0 Å². The zero-order valence-corrected chi connectivity index (χ0v) is 11.5. The molecule has 1 atom stereocenters. The highest BCUT2D eigenvalue weighted by atomic mass is 35.5. The van der Waals surface area contributed by atoms with E-state index < -0.39 is 0 Å². The molecule has 0 aliphatic carbocycles. The van der Waals surface area contributed by atoms with Crippen molar-refractivity contribution in [2.24, 2.45) is 5.84 Å². The van der Waals surface area contributed by atoms with Gasteiger partial charge in [0, 0.05) is 11.1 Å². The van der Waals surface area contributed by atoms with E-state index in [9.17, 15) is 0 Å². The van der Waals surface area contributed by atoms with E-state index in [-0.39, 0.29) is 6.04 Å². The van der Waals surface area contributed by atoms with Crippen LogP contribution in [0.4, 0.5) is 0 Å². The normalized spacial score (nSPS) is 12.4. The fraction of sp³-hybridized carbons (Fsp3) is 0.286. The molecule has 0 radical (unpaired) electrons. The fourth-order valence-corrected chi connectivity index (χ4v) is 2.14. The second-order valence-corrected chi connectivity index (χ2v) is 4.48. The van der Waals surface area contributed by atoms with Gasteiger partial charge in [0.25, 0.3) is 0 Å². The van der Waals surface area contributed by atoms with E-state index in [2.05, 4.69) is 12.3 Å². The lowest BCUT2D eigenvalue weighted by Crippen LogP contribution is -2.29. The minimum atomic E-state index is -0.265. The first kappa shape index (κ1) is 13.9. The Labute approximate surface area is 117 Å². The monoisotopic (exact) mass is 280 g/mol. The molecule has 3 N–H and O–H groups in total. The molecule has 0 saturated carbocycles. The van der Waals surface area contributed by atoms with Gasteiger partial charge in [0.1, 0.15) is 5.75 Å². The molecule has 0 amide bonds. The van der Waals surface area contributed by atoms with Gasteiger partial charge in [-0.1, -0.05) is 25.1 Å². The van der Waals surface area contributed by atoms with Crippen LogP contribution in [0.2, 0.25) is 5.22 Å². The molecule has 19 heavy (non-hydrogen) atoms. The number of halogens is 1. The quantitative estimate of drug-likeness (QED) is 0.630. The minimum Gasteiger partial charge on any atom is -0.493 e. The van der Waals surface area contributed by atoms with Crippen molar-refractivity contribution in [1.82, 2.24) is 5.43 Å². The number of benzene rings is 1. The first-order chi connectivity index (χ1) is 9.27. The van der Waals surface area contributed by atoms with Crippen LogP contribution in [0.1, 0.15) is 30.5 Å². The summed E-state index contributed by atoms with van der Waals surface area (Å²) in [7, 11) is 0. The van der Waals surface area contributed by atoms with Crippen molar-refractivity contribution in [2.75, 3.05) is 6.61 Å². The Morgan fingerprint density at radius 1 is 1.32 bits per heavy atom. The minimum absolute atomic E-state index is 0.265. The summed E-state index contributed by atoms with van der Waals surface area (Å²) in [6, 6.07) is 9.27. The van der Waals surface area contributed by atoms with E-state index in [4.69, 9.17) is 26.6 Å². The molecule has 5 heteroatoms. The predicted octanol–water partition coefficient (Wildman–Crippen LogP) is 3.27. The van der Waals surface area contributed by atoms with E-state index in [0.29, 0.717) is 11.8 Å². The van der Waals surface area contributed by atoms with Crippen molar-refractivity contribution in [3.05, 3.63) is 52.9 Å². The smallest absolute Gasteiger partial charge is 0.198 e. The molecular weight excluding hydrogens is 264 g/mol. The van der Waals surface area contributed by atoms with Crippen molar-refractivity contribution in [2.45, 2.75) is 19.4 Å². The van der Waals surface area contributed by atoms with E-state index in [0.717, 1.165) is 23.3 Å². The van der Waals surface area contributed by atoms with E-state index in [1.807, 2.05) is 24.3 Å². The molecule has 4 nitrogen and oxygen atoms in total. The highest BCUT2D eigenvalue weighted by Gasteiger charge is 2.21. The molecule has 2 rings (SSSR count). The number of rotatable bonds is 6. The summed E-state index contributed by atoms with van der Waals surface area (Å²) in [5, 5.41) is 0.327. The standard InChI is InChI=1S/C14H17ClN2O2/c1-2-8-18-12-6-4-3-5-10(12)13(17-16)11-7-9-19-14(11)15/h3-7,9,13,17H,2,8,16H2,1H3. The number of ether oxygens (including phenoxy) is 1. The Kier molecular flexibility index (Phi) is 4.85. The molecule has 2 aromatic rings. The van der Waals surface area contributed by atoms with E-state index in [1.54, 1.807) is 6.07 Å². The van der Waals surface area contributed by atoms with Crippen LogP contribution in [0.15, 0.2) is 41.0 Å². The number of hydrazine groups is 1. The van der Waals surface area contributed by atoms with Gasteiger partial charge in [0.15, 0.2) is 5.22 Å². The number of nitrogens with two attached hydrogens (primary N) is 1. The fourth-order valence-electron chi connectivity index (χ4n) is 1.92. The highest BCUT2D eigenvalue weighted by Crippen LogP contribution is 2.33. The van der Waals surface area contributed by atoms with Gasteiger partial charge in [0.05, 0.1) is 18.9 Å². The van der Waals surface area contributed by atoms with Crippen molar-refractivity contribution >= 4 is 11.6 Å². The molecule has 0 bridgehead atoms. The van der Waals surface area contributed by atoms with Gasteiger partial charge in [-0.2, -0.15) is 0 Å². The topological polar surface area (TPSA) is 60.4 Å². The molecule has 0 spiro atoms. The average Bonchev–Trinajstić information content (AvgIpc) is 2.85. The third-order valence-electron chi connectivity index (χ3n) is 2.82. The Bertz CT molecular complexity index is 528. The zero-order valence-electron chi connectivity index (χ0n) is 10.7. The Balaban J connectivity index is 2.35. The second kappa shape index (κ2) is 6.61. The molecule has 0 aliphatic heterocycles. The lowest BCUT2D eigenvalue weighted by atomic mass is 10.0. The molecule has 1 unspecified atom stereocenters. The summed E-state index contributed by atoms with van der Waals surface area (Å²) >= 11 is 6.02. The van der Waals surface area contributed by atoms with Gasteiger partial charge in [-0.05, 0) is 30.2 Å². The predicted molar refractivity (Wildman–Crippen MR) is 75.1 cm³/mol. The number of para-hydroxylation sites is 1. The number of furan rings is 1. The lowest BCUT2D eigenvalue weighted by Gasteiger charge is -2.19. The summed E-state index contributed by atoms with van der Waals surface area (Å²) in [5.41, 5.74) is 4.47. The van der Waals surface area contributed by atoms with Gasteiger partial charge < -0.3 is 9.15 Å². The number of hydrogen-bond donors (Lipinski definition) is 2. The zero-order chi connectivity index (χ0) is 13.7. The maximum Gasteiger partial charge on any atom is 0.198 e. The van der Waals surface area contributed by atoms with Crippen LogP contribution in [0.3, 0.4) is 0 Å². The Hall–Kier alpha value is -1.49. The molecule has 1 heterocycles. The van der Waals surface area contributed by atoms with Gasteiger partial charge >= 0.3 is 0 Å². The first-order valence-corrected chi connectivity index (χ1v) is 6.56. The molecular formula is C14H17ClN2O2. The third kappa shape index (κ3) is 3.10. The van der Waals surface area contributed by atoms with Crippen LogP contribution >= 0.6 is 11.6 Å². The van der Waals surface area contributed by atoms with Gasteiger partial charge in [-0.25, -0.2) is 5.43 Å². The van der Waals surface area contributed by atoms with E-state index in [1.165, 1.54) is 6.26 Å². The van der Waals surface area contributed by atoms with Crippen LogP contribution in [0.5, 0.6) is 5.75 Å². The second-order valence-electron chi connectivity index (χ2n) is 4.14. The summed E-state index contributed by atoms with van der Waals surface area (Å²) in [6.07, 6.45) is 2.49. The highest BCUT2D eigenvalue weighted by molar-refractivity contribution is 6.29. The van der Waals surface area contributed by atoms with Crippen LogP contribution in [-0.2, 0) is 0 Å².